The third-order valence-corrected chi connectivity index (χ3v) is 1.91. The van der Waals surface area contributed by atoms with Gasteiger partial charge in [0.2, 0.25) is 0 Å². The van der Waals surface area contributed by atoms with Gasteiger partial charge >= 0.3 is 0 Å². The number of aliphatic hydroxyl groups is 1. The molecule has 0 radical (unpaired) electrons. The second-order valence-electron chi connectivity index (χ2n) is 3.02. The van der Waals surface area contributed by atoms with E-state index in [4.69, 9.17) is 23.2 Å². The summed E-state index contributed by atoms with van der Waals surface area (Å²) in [5.41, 5.74) is -0.654. The molecule has 66 valence electrons. The Balaban J connectivity index is 3.23. The molecule has 0 bridgehead atoms. The number of hydrogen-bond acceptors (Lipinski definition) is 2. The summed E-state index contributed by atoms with van der Waals surface area (Å²) in [6.07, 6.45) is 0. The Morgan fingerprint density at radius 2 is 1.92 bits per heavy atom. The first-order valence-electron chi connectivity index (χ1n) is 3.46. The van der Waals surface area contributed by atoms with Crippen molar-refractivity contribution in [3.8, 4) is 0 Å². The second-order valence-corrected chi connectivity index (χ2v) is 3.82. The largest absolute Gasteiger partial charge is 0.384 e. The van der Waals surface area contributed by atoms with E-state index in [0.29, 0.717) is 15.9 Å². The Morgan fingerprint density at radius 1 is 1.33 bits per heavy atom. The smallest absolute Gasteiger partial charge is 0.129 e. The molecular weight excluding hydrogens is 197 g/mol. The van der Waals surface area contributed by atoms with Gasteiger partial charge in [-0.2, -0.15) is 0 Å². The minimum Gasteiger partial charge on any atom is -0.384 e. The lowest BCUT2D eigenvalue weighted by Crippen LogP contribution is -2.18. The van der Waals surface area contributed by atoms with E-state index in [1.807, 2.05) is 0 Å². The van der Waals surface area contributed by atoms with Crippen molar-refractivity contribution in [2.45, 2.75) is 19.4 Å². The molecule has 0 amide bonds. The van der Waals surface area contributed by atoms with Crippen LogP contribution in [0.2, 0.25) is 10.2 Å². The van der Waals surface area contributed by atoms with Crippen LogP contribution in [-0.2, 0) is 5.60 Å². The van der Waals surface area contributed by atoms with E-state index >= 15 is 0 Å². The van der Waals surface area contributed by atoms with Crippen LogP contribution in [0.25, 0.3) is 0 Å². The van der Waals surface area contributed by atoms with Crippen molar-refractivity contribution in [2.75, 3.05) is 0 Å². The normalized spacial score (nSPS) is 11.8. The summed E-state index contributed by atoms with van der Waals surface area (Å²) >= 11 is 11.4. The van der Waals surface area contributed by atoms with Gasteiger partial charge in [-0.25, -0.2) is 4.98 Å². The maximum absolute atomic E-state index is 9.59. The number of nitrogens with zero attached hydrogens (tertiary/aromatic N) is 1. The molecule has 0 saturated heterocycles. The highest BCUT2D eigenvalue weighted by atomic mass is 35.5. The van der Waals surface area contributed by atoms with E-state index in [1.165, 1.54) is 0 Å². The van der Waals surface area contributed by atoms with Gasteiger partial charge in [0.1, 0.15) is 10.8 Å². The number of rotatable bonds is 1. The molecule has 4 heteroatoms. The number of halogens is 2. The second kappa shape index (κ2) is 3.21. The van der Waals surface area contributed by atoms with Crippen LogP contribution in [0.3, 0.4) is 0 Å². The Morgan fingerprint density at radius 3 is 2.33 bits per heavy atom. The van der Waals surface area contributed by atoms with Crippen LogP contribution < -0.4 is 0 Å². The van der Waals surface area contributed by atoms with Crippen molar-refractivity contribution in [1.29, 1.82) is 0 Å². The van der Waals surface area contributed by atoms with E-state index in [0.717, 1.165) is 0 Å². The van der Waals surface area contributed by atoms with E-state index in [-0.39, 0.29) is 0 Å². The fourth-order valence-electron chi connectivity index (χ4n) is 0.847. The van der Waals surface area contributed by atoms with E-state index in [2.05, 4.69) is 4.98 Å². The Hall–Kier alpha value is -0.310. The van der Waals surface area contributed by atoms with Gasteiger partial charge in [0.25, 0.3) is 0 Å². The molecule has 1 heterocycles. The van der Waals surface area contributed by atoms with Crippen LogP contribution >= 0.6 is 23.2 Å². The molecule has 1 N–H and O–H groups in total. The van der Waals surface area contributed by atoms with E-state index in [1.54, 1.807) is 26.0 Å². The maximum atomic E-state index is 9.59. The molecular formula is C8H9Cl2NO. The van der Waals surface area contributed by atoms with Crippen LogP contribution in [0.15, 0.2) is 12.1 Å². The zero-order valence-corrected chi connectivity index (χ0v) is 8.32. The quantitative estimate of drug-likeness (QED) is 0.716. The molecule has 1 aromatic rings. The predicted octanol–water partition coefficient (Wildman–Crippen LogP) is 2.62. The average molecular weight is 206 g/mol. The molecule has 0 spiro atoms. The number of aromatic nitrogens is 1. The number of hydrogen-bond donors (Lipinski definition) is 1. The Labute approximate surface area is 81.1 Å². The monoisotopic (exact) mass is 205 g/mol. The van der Waals surface area contributed by atoms with Crippen molar-refractivity contribution >= 4 is 23.2 Å². The summed E-state index contributed by atoms with van der Waals surface area (Å²) in [5.74, 6) is 0. The highest BCUT2D eigenvalue weighted by molar-refractivity contribution is 6.32. The molecule has 0 aliphatic heterocycles. The number of pyridine rings is 1. The first-order valence-corrected chi connectivity index (χ1v) is 4.22. The minimum absolute atomic E-state index is 0.330. The fourth-order valence-corrected chi connectivity index (χ4v) is 1.33. The fraction of sp³-hybridized carbons (Fsp3) is 0.375. The molecule has 0 saturated carbocycles. The first kappa shape index (κ1) is 9.78. The summed E-state index contributed by atoms with van der Waals surface area (Å²) in [5, 5.41) is 10.3. The van der Waals surface area contributed by atoms with Gasteiger partial charge in [-0.1, -0.05) is 23.2 Å². The molecule has 0 unspecified atom stereocenters. The van der Waals surface area contributed by atoms with Crippen LogP contribution in [0.5, 0.6) is 0 Å². The standard InChI is InChI=1S/C8H9Cl2NO/c1-8(2,12)7-5(9)3-4-6(10)11-7/h3-4,12H,1-2H3. The molecule has 1 rings (SSSR count). The molecule has 12 heavy (non-hydrogen) atoms. The van der Waals surface area contributed by atoms with Crippen molar-refractivity contribution in [3.63, 3.8) is 0 Å². The van der Waals surface area contributed by atoms with Crippen molar-refractivity contribution in [3.05, 3.63) is 28.0 Å². The van der Waals surface area contributed by atoms with Crippen LogP contribution in [0, 0.1) is 0 Å². The van der Waals surface area contributed by atoms with Crippen molar-refractivity contribution in [1.82, 2.24) is 4.98 Å². The first-order chi connectivity index (χ1) is 5.41. The van der Waals surface area contributed by atoms with E-state index < -0.39 is 5.60 Å². The van der Waals surface area contributed by atoms with Crippen LogP contribution in [0.4, 0.5) is 0 Å². The van der Waals surface area contributed by atoms with Gasteiger partial charge in [-0.05, 0) is 26.0 Å². The molecule has 0 atom stereocenters. The lowest BCUT2D eigenvalue weighted by Gasteiger charge is -2.17. The third kappa shape index (κ3) is 2.09. The summed E-state index contributed by atoms with van der Waals surface area (Å²) < 4.78 is 0. The summed E-state index contributed by atoms with van der Waals surface area (Å²) in [6, 6.07) is 3.20. The molecule has 0 aliphatic carbocycles. The molecule has 2 nitrogen and oxygen atoms in total. The van der Waals surface area contributed by atoms with Crippen molar-refractivity contribution < 1.29 is 5.11 Å². The Bertz CT molecular complexity index is 294. The highest BCUT2D eigenvalue weighted by Crippen LogP contribution is 2.26. The zero-order chi connectivity index (χ0) is 9.35. The highest BCUT2D eigenvalue weighted by Gasteiger charge is 2.21. The lowest BCUT2D eigenvalue weighted by molar-refractivity contribution is 0.0740. The molecule has 1 aromatic heterocycles. The van der Waals surface area contributed by atoms with Gasteiger partial charge in [0.05, 0.1) is 10.7 Å². The summed E-state index contributed by atoms with van der Waals surface area (Å²) in [6.45, 7) is 3.22. The molecule has 0 fully saturated rings. The molecule has 0 aromatic carbocycles. The maximum Gasteiger partial charge on any atom is 0.129 e. The van der Waals surface area contributed by atoms with Crippen LogP contribution in [0.1, 0.15) is 19.5 Å². The van der Waals surface area contributed by atoms with E-state index in [9.17, 15) is 5.11 Å². The Kier molecular flexibility index (Phi) is 2.61. The van der Waals surface area contributed by atoms with Gasteiger partial charge < -0.3 is 5.11 Å². The topological polar surface area (TPSA) is 33.1 Å². The van der Waals surface area contributed by atoms with Crippen LogP contribution in [-0.4, -0.2) is 10.1 Å². The summed E-state index contributed by atoms with van der Waals surface area (Å²) in [7, 11) is 0. The van der Waals surface area contributed by atoms with Gasteiger partial charge in [-0.3, -0.25) is 0 Å². The SMILES string of the molecule is CC(C)(O)c1nc(Cl)ccc1Cl. The predicted molar refractivity (Wildman–Crippen MR) is 49.5 cm³/mol. The molecule has 0 aliphatic rings. The average Bonchev–Trinajstić information content (AvgIpc) is 1.92. The van der Waals surface area contributed by atoms with Crippen molar-refractivity contribution in [2.24, 2.45) is 0 Å². The van der Waals surface area contributed by atoms with Gasteiger partial charge in [0, 0.05) is 0 Å². The van der Waals surface area contributed by atoms with Gasteiger partial charge in [-0.15, -0.1) is 0 Å². The van der Waals surface area contributed by atoms with Gasteiger partial charge in [0.15, 0.2) is 0 Å². The third-order valence-electron chi connectivity index (χ3n) is 1.39. The minimum atomic E-state index is -1.05. The zero-order valence-electron chi connectivity index (χ0n) is 6.81. The lowest BCUT2D eigenvalue weighted by atomic mass is 10.1. The summed E-state index contributed by atoms with van der Waals surface area (Å²) in [4.78, 5) is 3.93.